The summed E-state index contributed by atoms with van der Waals surface area (Å²) in [6.45, 7) is 0. The van der Waals surface area contributed by atoms with Gasteiger partial charge in [0.25, 0.3) is 5.91 Å². The minimum Gasteiger partial charge on any atom is -0.481 e. The van der Waals surface area contributed by atoms with E-state index in [-0.39, 0.29) is 24.8 Å². The molecule has 0 fully saturated rings. The third-order valence-corrected chi connectivity index (χ3v) is 1.68. The molecule has 1 aliphatic heterocycles. The molecule has 0 aliphatic carbocycles. The molecule has 0 bridgehead atoms. The maximum atomic E-state index is 11.2. The van der Waals surface area contributed by atoms with Gasteiger partial charge in [0, 0.05) is 6.42 Å². The number of hydrogen-bond donors (Lipinski definition) is 4. The molecule has 1 rings (SSSR count). The van der Waals surface area contributed by atoms with Crippen molar-refractivity contribution in [2.24, 2.45) is 21.5 Å². The van der Waals surface area contributed by atoms with Crippen LogP contribution in [-0.4, -0.2) is 34.9 Å². The molecule has 0 aromatic carbocycles. The fourth-order valence-corrected chi connectivity index (χ4v) is 1.07. The molecule has 0 saturated carbocycles. The molecule has 0 aromatic heterocycles. The van der Waals surface area contributed by atoms with Gasteiger partial charge in [0.2, 0.25) is 5.96 Å². The Kier molecular flexibility index (Phi) is 3.21. The van der Waals surface area contributed by atoms with Crippen LogP contribution in [0.1, 0.15) is 12.8 Å². The molecule has 1 aliphatic rings. The van der Waals surface area contributed by atoms with E-state index in [2.05, 4.69) is 15.3 Å². The lowest BCUT2D eigenvalue weighted by Crippen LogP contribution is -2.31. The van der Waals surface area contributed by atoms with Crippen molar-refractivity contribution in [1.82, 2.24) is 5.32 Å². The number of guanidine groups is 2. The van der Waals surface area contributed by atoms with Crippen molar-refractivity contribution in [1.29, 1.82) is 0 Å². The molecule has 82 valence electrons. The standard InChI is InChI=1S/C7H11N5O3/c8-6(9)12-7-10-3(5(15)11-7)1-2-4(13)14/h3H,1-2H2,(H,13,14)(H5,8,9,10,11,12,15). The van der Waals surface area contributed by atoms with Gasteiger partial charge in [0.1, 0.15) is 6.04 Å². The highest BCUT2D eigenvalue weighted by Gasteiger charge is 2.26. The van der Waals surface area contributed by atoms with Gasteiger partial charge in [0.15, 0.2) is 5.96 Å². The minimum absolute atomic E-state index is 0.0235. The molecular weight excluding hydrogens is 202 g/mol. The van der Waals surface area contributed by atoms with Crippen LogP contribution < -0.4 is 16.8 Å². The van der Waals surface area contributed by atoms with E-state index < -0.39 is 17.9 Å². The fourth-order valence-electron chi connectivity index (χ4n) is 1.07. The lowest BCUT2D eigenvalue weighted by molar-refractivity contribution is -0.137. The number of aliphatic carboxylic acids is 1. The summed E-state index contributed by atoms with van der Waals surface area (Å²) in [4.78, 5) is 28.9. The smallest absolute Gasteiger partial charge is 0.303 e. The van der Waals surface area contributed by atoms with Crippen molar-refractivity contribution < 1.29 is 14.7 Å². The fraction of sp³-hybridized carbons (Fsp3) is 0.429. The van der Waals surface area contributed by atoms with Crippen LogP contribution in [0.15, 0.2) is 9.98 Å². The van der Waals surface area contributed by atoms with Gasteiger partial charge < -0.3 is 16.6 Å². The Hall–Kier alpha value is -2.12. The average Bonchev–Trinajstić information content (AvgIpc) is 2.41. The molecule has 15 heavy (non-hydrogen) atoms. The summed E-state index contributed by atoms with van der Waals surface area (Å²) < 4.78 is 0. The number of amides is 1. The van der Waals surface area contributed by atoms with Crippen molar-refractivity contribution >= 4 is 23.8 Å². The second-order valence-electron chi connectivity index (χ2n) is 2.93. The Morgan fingerprint density at radius 2 is 2.27 bits per heavy atom. The number of nitrogens with two attached hydrogens (primary N) is 2. The first kappa shape index (κ1) is 11.0. The first-order valence-corrected chi connectivity index (χ1v) is 4.19. The van der Waals surface area contributed by atoms with Gasteiger partial charge in [-0.15, -0.1) is 0 Å². The van der Waals surface area contributed by atoms with E-state index in [1.165, 1.54) is 0 Å². The summed E-state index contributed by atoms with van der Waals surface area (Å²) in [5.74, 6) is -1.56. The summed E-state index contributed by atoms with van der Waals surface area (Å²) in [5.41, 5.74) is 10.2. The summed E-state index contributed by atoms with van der Waals surface area (Å²) in [7, 11) is 0. The number of rotatable bonds is 3. The lowest BCUT2D eigenvalue weighted by atomic mass is 10.1. The first-order chi connectivity index (χ1) is 6.99. The SMILES string of the molecule is NC(N)=NC1=NC(CCC(=O)O)C(=O)N1. The van der Waals surface area contributed by atoms with E-state index >= 15 is 0 Å². The van der Waals surface area contributed by atoms with Gasteiger partial charge in [-0.3, -0.25) is 14.9 Å². The number of carboxylic acids is 1. The van der Waals surface area contributed by atoms with Gasteiger partial charge in [0.05, 0.1) is 0 Å². The number of carboxylic acid groups (broad SMARTS) is 1. The first-order valence-electron chi connectivity index (χ1n) is 4.19. The molecule has 1 amide bonds. The number of nitrogens with zero attached hydrogens (tertiary/aromatic N) is 2. The molecule has 8 heteroatoms. The predicted molar refractivity (Wildman–Crippen MR) is 52.0 cm³/mol. The van der Waals surface area contributed by atoms with Gasteiger partial charge in [-0.2, -0.15) is 4.99 Å². The summed E-state index contributed by atoms with van der Waals surface area (Å²) in [5, 5.41) is 10.8. The molecule has 0 saturated heterocycles. The van der Waals surface area contributed by atoms with Crippen molar-refractivity contribution in [3.05, 3.63) is 0 Å². The van der Waals surface area contributed by atoms with Crippen LogP contribution in [0, 0.1) is 0 Å². The summed E-state index contributed by atoms with van der Waals surface area (Å²) in [6.07, 6.45) is 0.00134. The Morgan fingerprint density at radius 1 is 1.60 bits per heavy atom. The molecule has 0 aromatic rings. The Bertz CT molecular complexity index is 345. The van der Waals surface area contributed by atoms with Gasteiger partial charge in [-0.1, -0.05) is 0 Å². The van der Waals surface area contributed by atoms with Crippen LogP contribution in [0.3, 0.4) is 0 Å². The molecule has 0 spiro atoms. The van der Waals surface area contributed by atoms with Crippen molar-refractivity contribution in [3.8, 4) is 0 Å². The minimum atomic E-state index is -0.978. The normalized spacial score (nSPS) is 19.3. The zero-order valence-electron chi connectivity index (χ0n) is 7.80. The van der Waals surface area contributed by atoms with E-state index in [1.807, 2.05) is 0 Å². The maximum Gasteiger partial charge on any atom is 0.303 e. The number of hydrogen-bond acceptors (Lipinski definition) is 4. The van der Waals surface area contributed by atoms with Gasteiger partial charge in [-0.25, -0.2) is 4.99 Å². The molecule has 1 atom stereocenters. The van der Waals surface area contributed by atoms with Crippen LogP contribution >= 0.6 is 0 Å². The highest BCUT2D eigenvalue weighted by Crippen LogP contribution is 2.08. The molecule has 8 nitrogen and oxygen atoms in total. The topological polar surface area (TPSA) is 143 Å². The second kappa shape index (κ2) is 4.40. The highest BCUT2D eigenvalue weighted by molar-refractivity contribution is 6.08. The van der Waals surface area contributed by atoms with E-state index in [9.17, 15) is 9.59 Å². The lowest BCUT2D eigenvalue weighted by Gasteiger charge is -1.99. The molecule has 0 radical (unpaired) electrons. The summed E-state index contributed by atoms with van der Waals surface area (Å²) in [6, 6.07) is -0.723. The number of aliphatic imine (C=N–C) groups is 2. The molecule has 6 N–H and O–H groups in total. The van der Waals surface area contributed by atoms with Crippen LogP contribution in [-0.2, 0) is 9.59 Å². The third kappa shape index (κ3) is 3.25. The van der Waals surface area contributed by atoms with E-state index in [1.54, 1.807) is 0 Å². The number of carbonyl (C=O) groups is 2. The van der Waals surface area contributed by atoms with Gasteiger partial charge in [-0.05, 0) is 6.42 Å². The molecule has 1 unspecified atom stereocenters. The number of carbonyl (C=O) groups excluding carboxylic acids is 1. The third-order valence-electron chi connectivity index (χ3n) is 1.68. The summed E-state index contributed by atoms with van der Waals surface area (Å²) >= 11 is 0. The quantitative estimate of drug-likeness (QED) is 0.316. The van der Waals surface area contributed by atoms with Gasteiger partial charge >= 0.3 is 5.97 Å². The molecule has 1 heterocycles. The van der Waals surface area contributed by atoms with Crippen LogP contribution in [0.4, 0.5) is 0 Å². The largest absolute Gasteiger partial charge is 0.481 e. The predicted octanol–water partition coefficient (Wildman–Crippen LogP) is -2.02. The van der Waals surface area contributed by atoms with Crippen LogP contribution in [0.25, 0.3) is 0 Å². The monoisotopic (exact) mass is 213 g/mol. The average molecular weight is 213 g/mol. The van der Waals surface area contributed by atoms with Crippen molar-refractivity contribution in [2.75, 3.05) is 0 Å². The van der Waals surface area contributed by atoms with E-state index in [0.29, 0.717) is 0 Å². The Morgan fingerprint density at radius 3 is 2.80 bits per heavy atom. The maximum absolute atomic E-state index is 11.2. The van der Waals surface area contributed by atoms with E-state index in [0.717, 1.165) is 0 Å². The zero-order chi connectivity index (χ0) is 11.4. The van der Waals surface area contributed by atoms with Crippen LogP contribution in [0.2, 0.25) is 0 Å². The molecular formula is C7H11N5O3. The highest BCUT2D eigenvalue weighted by atomic mass is 16.4. The van der Waals surface area contributed by atoms with E-state index in [4.69, 9.17) is 16.6 Å². The second-order valence-corrected chi connectivity index (χ2v) is 2.93. The van der Waals surface area contributed by atoms with Crippen molar-refractivity contribution in [2.45, 2.75) is 18.9 Å². The van der Waals surface area contributed by atoms with Crippen molar-refractivity contribution in [3.63, 3.8) is 0 Å². The zero-order valence-corrected chi connectivity index (χ0v) is 7.80. The Balaban J connectivity index is 2.59. The Labute approximate surface area is 85.1 Å². The van der Waals surface area contributed by atoms with Crippen LogP contribution in [0.5, 0.6) is 0 Å². The number of nitrogens with one attached hydrogen (secondary N) is 1.